The van der Waals surface area contributed by atoms with Crippen LogP contribution in [0.15, 0.2) is 36.1 Å². The number of hydrogen-bond donors (Lipinski definition) is 0. The number of rotatable bonds is 19. The fourth-order valence-corrected chi connectivity index (χ4v) is 4.82. The predicted octanol–water partition coefficient (Wildman–Crippen LogP) is 7.61. The molecule has 1 aromatic carbocycles. The van der Waals surface area contributed by atoms with E-state index in [4.69, 9.17) is 4.74 Å². The van der Waals surface area contributed by atoms with Gasteiger partial charge in [-0.2, -0.15) is 13.2 Å². The van der Waals surface area contributed by atoms with Gasteiger partial charge >= 0.3 is 14.9 Å². The largest absolute Gasteiger partial charge is 0.493 e. The van der Waals surface area contributed by atoms with Gasteiger partial charge in [-0.15, -0.1) is 0 Å². The minimum absolute atomic E-state index is 0.0218. The maximum atomic E-state index is 12.7. The Morgan fingerprint density at radius 3 is 2.00 bits per heavy atom. The van der Waals surface area contributed by atoms with Crippen molar-refractivity contribution >= 4 is 18.5 Å². The summed E-state index contributed by atoms with van der Waals surface area (Å²) >= 11 is 0. The summed E-state index contributed by atoms with van der Waals surface area (Å²) in [5.74, 6) is -0.801. The van der Waals surface area contributed by atoms with Crippen LogP contribution in [0.1, 0.15) is 76.7 Å². The Kier molecular flexibility index (Phi) is 15.2. The van der Waals surface area contributed by atoms with Crippen LogP contribution in [0.5, 0.6) is 5.75 Å². The summed E-state index contributed by atoms with van der Waals surface area (Å²) in [5, 5.41) is 0. The molecule has 0 unspecified atom stereocenters. The summed E-state index contributed by atoms with van der Waals surface area (Å²) in [7, 11) is -4.26. The van der Waals surface area contributed by atoms with E-state index in [-0.39, 0.29) is 24.5 Å². The van der Waals surface area contributed by atoms with E-state index < -0.39 is 30.5 Å². The molecule has 0 amide bonds. The maximum Gasteiger partial charge on any atom is 0.449 e. The molecule has 0 saturated carbocycles. The fraction of sp³-hybridized carbons (Fsp3) is 0.667. The Morgan fingerprint density at radius 1 is 0.912 bits per heavy atom. The van der Waals surface area contributed by atoms with Gasteiger partial charge in [0.25, 0.3) is 0 Å². The van der Waals surface area contributed by atoms with Gasteiger partial charge in [-0.25, -0.2) is 13.0 Å². The normalized spacial score (nSPS) is 12.8. The summed E-state index contributed by atoms with van der Waals surface area (Å²) in [6, 6.07) is 6.29. The third kappa shape index (κ3) is 14.6. The lowest BCUT2D eigenvalue weighted by atomic mass is 10.1. The smallest absolute Gasteiger partial charge is 0.449 e. The van der Waals surface area contributed by atoms with Gasteiger partial charge in [0.1, 0.15) is 12.4 Å². The quantitative estimate of drug-likeness (QED) is 0.106. The predicted molar refractivity (Wildman–Crippen MR) is 129 cm³/mol. The molecule has 0 aliphatic rings. The number of ether oxygens (including phenoxy) is 1. The first-order valence-corrected chi connectivity index (χ1v) is 14.4. The van der Waals surface area contributed by atoms with Crippen molar-refractivity contribution < 1.29 is 35.4 Å². The zero-order valence-electron chi connectivity index (χ0n) is 19.8. The van der Waals surface area contributed by atoms with Crippen molar-refractivity contribution in [2.24, 2.45) is 0 Å². The van der Waals surface area contributed by atoms with Crippen LogP contribution in [0.25, 0.3) is 0 Å². The lowest BCUT2D eigenvalue weighted by Crippen LogP contribution is -2.17. The first-order valence-electron chi connectivity index (χ1n) is 11.9. The minimum atomic E-state index is -4.72. The molecular weight excluding hydrogens is 488 g/mol. The molecule has 0 heterocycles. The third-order valence-corrected chi connectivity index (χ3v) is 7.30. The van der Waals surface area contributed by atoms with Gasteiger partial charge in [-0.3, -0.25) is 0 Å². The topological polar surface area (TPSA) is 69.7 Å². The minimum Gasteiger partial charge on any atom is -0.493 e. The van der Waals surface area contributed by atoms with Crippen LogP contribution in [0.4, 0.5) is 13.2 Å². The van der Waals surface area contributed by atoms with E-state index in [2.05, 4.69) is 11.4 Å². The molecule has 0 bridgehead atoms. The number of allylic oxidation sites excluding steroid dienone is 2. The van der Waals surface area contributed by atoms with E-state index >= 15 is 0 Å². The summed E-state index contributed by atoms with van der Waals surface area (Å²) in [6.45, 7) is 2.23. The van der Waals surface area contributed by atoms with E-state index in [1.807, 2.05) is 0 Å². The third-order valence-electron chi connectivity index (χ3n) is 5.33. The number of hydrogen-bond acceptors (Lipinski definition) is 5. The highest BCUT2D eigenvalue weighted by Crippen LogP contribution is 2.29. The van der Waals surface area contributed by atoms with E-state index in [0.29, 0.717) is 17.7 Å². The molecule has 0 spiro atoms. The van der Waals surface area contributed by atoms with Crippen molar-refractivity contribution in [2.45, 2.75) is 83.7 Å². The van der Waals surface area contributed by atoms with Crippen LogP contribution in [0.2, 0.25) is 0 Å². The van der Waals surface area contributed by atoms with Gasteiger partial charge in [-0.1, -0.05) is 76.8 Å². The van der Waals surface area contributed by atoms with Crippen LogP contribution < -0.4 is 4.74 Å². The molecule has 1 rings (SSSR count). The van der Waals surface area contributed by atoms with Crippen LogP contribution in [0, 0.1) is 0 Å². The van der Waals surface area contributed by atoms with E-state index in [0.717, 1.165) is 25.3 Å². The first kappa shape index (κ1) is 30.4. The molecule has 0 aliphatic carbocycles. The summed E-state index contributed by atoms with van der Waals surface area (Å²) in [5.41, 5.74) is 0.564. The molecule has 0 saturated heterocycles. The molecule has 0 aromatic heterocycles. The Bertz CT molecular complexity index is 824. The average molecular weight is 525 g/mol. The number of unbranched alkanes of at least 4 members (excludes halogenated alkanes) is 9. The van der Waals surface area contributed by atoms with Crippen molar-refractivity contribution in [1.82, 2.24) is 0 Å². The monoisotopic (exact) mass is 524 g/mol. The first-order chi connectivity index (χ1) is 16.2. The highest BCUT2D eigenvalue weighted by molar-refractivity contribution is 7.91. The van der Waals surface area contributed by atoms with Crippen LogP contribution >= 0.6 is 8.69 Å². The molecule has 0 fully saturated rings. The molecule has 1 aromatic rings. The highest BCUT2D eigenvalue weighted by Gasteiger charge is 2.36. The van der Waals surface area contributed by atoms with Crippen LogP contribution in [-0.4, -0.2) is 32.7 Å². The second-order valence-corrected chi connectivity index (χ2v) is 10.9. The van der Waals surface area contributed by atoms with Gasteiger partial charge in [0.05, 0.1) is 11.5 Å². The number of sulfone groups is 1. The van der Waals surface area contributed by atoms with E-state index in [1.54, 1.807) is 24.3 Å². The van der Waals surface area contributed by atoms with Crippen molar-refractivity contribution in [1.29, 1.82) is 0 Å². The van der Waals surface area contributed by atoms with Gasteiger partial charge in [0.2, 0.25) is 5.76 Å². The van der Waals surface area contributed by atoms with Crippen molar-refractivity contribution in [3.63, 3.8) is 0 Å². The Balaban J connectivity index is 2.26. The Morgan fingerprint density at radius 2 is 1.47 bits per heavy atom. The van der Waals surface area contributed by atoms with Crippen LogP contribution in [0.3, 0.4) is 0 Å². The molecule has 34 heavy (non-hydrogen) atoms. The number of alkyl halides is 3. The second kappa shape index (κ2) is 16.9. The van der Waals surface area contributed by atoms with Gasteiger partial charge in [-0.05, 0) is 36.6 Å². The van der Waals surface area contributed by atoms with Crippen molar-refractivity contribution in [3.05, 3.63) is 41.7 Å². The van der Waals surface area contributed by atoms with Crippen molar-refractivity contribution in [2.75, 3.05) is 18.1 Å². The van der Waals surface area contributed by atoms with Crippen LogP contribution in [-0.2, 0) is 25.3 Å². The van der Waals surface area contributed by atoms with Gasteiger partial charge < -0.3 is 9.26 Å². The van der Waals surface area contributed by atoms with Gasteiger partial charge in [0.15, 0.2) is 9.84 Å². The SMILES string of the molecule is CCCCCCCCCCCCS(=O)(=O)CCOc1ccc(CC=C(OP=O)C(F)(F)F)cc1. The molecule has 5 nitrogen and oxygen atoms in total. The molecule has 194 valence electrons. The van der Waals surface area contributed by atoms with E-state index in [1.165, 1.54) is 38.5 Å². The number of benzene rings is 1. The summed E-state index contributed by atoms with van der Waals surface area (Å²) < 4.78 is 82.3. The Hall–Kier alpha value is -1.60. The number of halogens is 3. The van der Waals surface area contributed by atoms with Gasteiger partial charge in [0, 0.05) is 0 Å². The average Bonchev–Trinajstić information content (AvgIpc) is 2.78. The molecule has 0 N–H and O–H groups in total. The second-order valence-electron chi connectivity index (χ2n) is 8.26. The molecule has 0 radical (unpaired) electrons. The molecule has 0 atom stereocenters. The molecule has 10 heteroatoms. The standard InChI is InChI=1S/C24H36F3O5PS/c1-2-3-4-5-6-7-8-9-10-11-19-34(29,30)20-18-31-22-15-12-21(13-16-22)14-17-23(32-33-28)24(25,26)27/h12-13,15-17H,2-11,14,18-20H2,1H3. The highest BCUT2D eigenvalue weighted by atomic mass is 32.2. The molecular formula is C24H36F3O5PS. The summed E-state index contributed by atoms with van der Waals surface area (Å²) in [4.78, 5) is 0. The zero-order valence-corrected chi connectivity index (χ0v) is 21.5. The lowest BCUT2D eigenvalue weighted by molar-refractivity contribution is -0.115. The van der Waals surface area contributed by atoms with E-state index in [9.17, 15) is 26.2 Å². The molecule has 0 aliphatic heterocycles. The zero-order chi connectivity index (χ0) is 25.3. The summed E-state index contributed by atoms with van der Waals surface area (Å²) in [6.07, 6.45) is 7.44. The lowest BCUT2D eigenvalue weighted by Gasteiger charge is -2.09. The maximum absolute atomic E-state index is 12.7. The fourth-order valence-electron chi connectivity index (χ4n) is 3.38. The van der Waals surface area contributed by atoms with Crippen molar-refractivity contribution in [3.8, 4) is 5.75 Å². The Labute approximate surface area is 203 Å².